The van der Waals surface area contributed by atoms with Gasteiger partial charge in [0.1, 0.15) is 22.8 Å². The molecule has 1 fully saturated rings. The van der Waals surface area contributed by atoms with Crippen molar-refractivity contribution in [2.45, 2.75) is 32.0 Å². The second-order valence-corrected chi connectivity index (χ2v) is 7.79. The van der Waals surface area contributed by atoms with Gasteiger partial charge in [-0.25, -0.2) is 4.79 Å². The lowest BCUT2D eigenvalue weighted by Crippen LogP contribution is -2.25. The topological polar surface area (TPSA) is 91.9 Å². The minimum Gasteiger partial charge on any atom is -0.619 e. The van der Waals surface area contributed by atoms with Crippen molar-refractivity contribution in [3.63, 3.8) is 0 Å². The molecule has 0 radical (unpaired) electrons. The number of ether oxygens (including phenoxy) is 3. The van der Waals surface area contributed by atoms with E-state index in [-0.39, 0.29) is 28.0 Å². The number of aliphatic hydroxyl groups excluding tert-OH is 1. The minimum absolute atomic E-state index is 0.0403. The highest BCUT2D eigenvalue weighted by Crippen LogP contribution is 2.37. The molecule has 1 aromatic heterocycles. The summed E-state index contributed by atoms with van der Waals surface area (Å²) >= 11 is 12.2. The molecule has 3 rings (SSSR count). The zero-order valence-corrected chi connectivity index (χ0v) is 17.6. The molecule has 11 heteroatoms. The standard InChI is InChI=1S/C20H19Cl2F2NO6/c21-14-7-25(28)8-15(22)13(14)6-17(30-19(27)9-26)12-3-4-16(31-20(23)24)18(5-12)29-10-11-1-2-11/h3-5,7-8,11,17,20,26H,1-2,6,9-10H2/t17-/m0/s1. The van der Waals surface area contributed by atoms with Gasteiger partial charge in [-0.15, -0.1) is 0 Å². The number of aliphatic hydroxyl groups is 1. The monoisotopic (exact) mass is 477 g/mol. The summed E-state index contributed by atoms with van der Waals surface area (Å²) in [4.78, 5) is 11.8. The Morgan fingerprint density at radius 3 is 2.48 bits per heavy atom. The molecule has 168 valence electrons. The number of pyridine rings is 1. The highest BCUT2D eigenvalue weighted by molar-refractivity contribution is 6.35. The number of benzene rings is 1. The molecule has 0 saturated heterocycles. The summed E-state index contributed by atoms with van der Waals surface area (Å²) in [6.45, 7) is -3.58. The van der Waals surface area contributed by atoms with E-state index >= 15 is 0 Å². The number of esters is 1. The lowest BCUT2D eigenvalue weighted by molar-refractivity contribution is -0.605. The van der Waals surface area contributed by atoms with E-state index in [1.165, 1.54) is 18.2 Å². The Labute approximate surface area is 186 Å². The molecular formula is C20H19Cl2F2NO6. The lowest BCUT2D eigenvalue weighted by atomic mass is 10.0. The molecule has 31 heavy (non-hydrogen) atoms. The Kier molecular flexibility index (Phi) is 7.74. The van der Waals surface area contributed by atoms with Crippen LogP contribution in [-0.2, 0) is 16.0 Å². The number of nitrogens with zero attached hydrogens (tertiary/aromatic N) is 1. The number of carbonyl (C=O) groups is 1. The fourth-order valence-corrected chi connectivity index (χ4v) is 3.46. The summed E-state index contributed by atoms with van der Waals surface area (Å²) in [5.74, 6) is -0.653. The van der Waals surface area contributed by atoms with Gasteiger partial charge in [0.15, 0.2) is 23.9 Å². The van der Waals surface area contributed by atoms with Crippen LogP contribution < -0.4 is 14.2 Å². The maximum atomic E-state index is 12.8. The molecule has 1 N–H and O–H groups in total. The van der Waals surface area contributed by atoms with E-state index in [1.54, 1.807) is 0 Å². The second kappa shape index (κ2) is 10.3. The summed E-state index contributed by atoms with van der Waals surface area (Å²) in [7, 11) is 0. The summed E-state index contributed by atoms with van der Waals surface area (Å²) in [6.07, 6.45) is 3.13. The molecule has 0 spiro atoms. The number of hydrogen-bond acceptors (Lipinski definition) is 6. The van der Waals surface area contributed by atoms with Crippen molar-refractivity contribution in [3.05, 3.63) is 57.0 Å². The van der Waals surface area contributed by atoms with Crippen molar-refractivity contribution in [3.8, 4) is 11.5 Å². The molecule has 0 aliphatic heterocycles. The van der Waals surface area contributed by atoms with Crippen molar-refractivity contribution in [1.82, 2.24) is 0 Å². The van der Waals surface area contributed by atoms with Crippen molar-refractivity contribution >= 4 is 29.2 Å². The Morgan fingerprint density at radius 2 is 1.90 bits per heavy atom. The van der Waals surface area contributed by atoms with Gasteiger partial charge in [-0.3, -0.25) is 0 Å². The Hall–Kier alpha value is -2.36. The Bertz CT molecular complexity index is 919. The third-order valence-electron chi connectivity index (χ3n) is 4.58. The van der Waals surface area contributed by atoms with Gasteiger partial charge >= 0.3 is 12.6 Å². The summed E-state index contributed by atoms with van der Waals surface area (Å²) in [5.41, 5.74) is 0.708. The van der Waals surface area contributed by atoms with Gasteiger partial charge < -0.3 is 24.5 Å². The molecule has 0 bridgehead atoms. The molecule has 1 heterocycles. The molecule has 1 saturated carbocycles. The van der Waals surface area contributed by atoms with Crippen LogP contribution in [0.3, 0.4) is 0 Å². The maximum Gasteiger partial charge on any atom is 0.387 e. The van der Waals surface area contributed by atoms with Gasteiger partial charge in [-0.2, -0.15) is 13.5 Å². The average molecular weight is 478 g/mol. The summed E-state index contributed by atoms with van der Waals surface area (Å²) in [6, 6.07) is 4.13. The zero-order chi connectivity index (χ0) is 22.5. The first-order valence-corrected chi connectivity index (χ1v) is 10.1. The zero-order valence-electron chi connectivity index (χ0n) is 16.1. The molecular weight excluding hydrogens is 459 g/mol. The first kappa shape index (κ1) is 23.3. The number of carbonyl (C=O) groups excluding carboxylic acids is 1. The van der Waals surface area contributed by atoms with Crippen LogP contribution in [0.4, 0.5) is 8.78 Å². The predicted molar refractivity (Wildman–Crippen MR) is 106 cm³/mol. The predicted octanol–water partition coefficient (Wildman–Crippen LogP) is 3.84. The molecule has 0 unspecified atom stereocenters. The van der Waals surface area contributed by atoms with Crippen molar-refractivity contribution in [1.29, 1.82) is 0 Å². The van der Waals surface area contributed by atoms with Crippen molar-refractivity contribution in [2.75, 3.05) is 13.2 Å². The second-order valence-electron chi connectivity index (χ2n) is 6.97. The van der Waals surface area contributed by atoms with Crippen LogP contribution in [0.15, 0.2) is 30.6 Å². The maximum absolute atomic E-state index is 12.8. The van der Waals surface area contributed by atoms with Crippen LogP contribution >= 0.6 is 23.2 Å². The van der Waals surface area contributed by atoms with Gasteiger partial charge in [-0.1, -0.05) is 29.3 Å². The van der Waals surface area contributed by atoms with E-state index in [4.69, 9.17) is 37.8 Å². The number of rotatable bonds is 10. The highest BCUT2D eigenvalue weighted by Gasteiger charge is 2.26. The minimum atomic E-state index is -3.04. The quantitative estimate of drug-likeness (QED) is 0.317. The third-order valence-corrected chi connectivity index (χ3v) is 5.23. The third kappa shape index (κ3) is 6.56. The number of halogens is 4. The van der Waals surface area contributed by atoms with E-state index in [9.17, 15) is 18.8 Å². The highest BCUT2D eigenvalue weighted by atomic mass is 35.5. The first-order valence-electron chi connectivity index (χ1n) is 9.35. The van der Waals surface area contributed by atoms with E-state index in [0.29, 0.717) is 28.4 Å². The van der Waals surface area contributed by atoms with E-state index in [2.05, 4.69) is 4.74 Å². The van der Waals surface area contributed by atoms with Gasteiger partial charge in [0, 0.05) is 12.0 Å². The van der Waals surface area contributed by atoms with Gasteiger partial charge in [0.05, 0.1) is 6.61 Å². The number of hydrogen-bond donors (Lipinski definition) is 1. The van der Waals surface area contributed by atoms with E-state index < -0.39 is 25.3 Å². The van der Waals surface area contributed by atoms with Crippen LogP contribution in [0.5, 0.6) is 11.5 Å². The van der Waals surface area contributed by atoms with Crippen molar-refractivity contribution < 1.29 is 37.6 Å². The molecule has 0 amide bonds. The Balaban J connectivity index is 1.93. The number of alkyl halides is 2. The average Bonchev–Trinajstić information content (AvgIpc) is 3.53. The van der Waals surface area contributed by atoms with Crippen LogP contribution in [0.2, 0.25) is 10.0 Å². The number of aromatic nitrogens is 1. The van der Waals surface area contributed by atoms with E-state index in [0.717, 1.165) is 25.2 Å². The van der Waals surface area contributed by atoms with Crippen molar-refractivity contribution in [2.24, 2.45) is 5.92 Å². The first-order chi connectivity index (χ1) is 14.8. The fourth-order valence-electron chi connectivity index (χ4n) is 2.86. The molecule has 2 aromatic rings. The smallest absolute Gasteiger partial charge is 0.387 e. The SMILES string of the molecule is O=C(CO)O[C@@H](Cc1c(Cl)c[n+]([O-])cc1Cl)c1ccc(OC(F)F)c(OCC2CC2)c1. The van der Waals surface area contributed by atoms with Gasteiger partial charge in [0.25, 0.3) is 0 Å². The van der Waals surface area contributed by atoms with Crippen LogP contribution in [-0.4, -0.2) is 30.9 Å². The molecule has 1 aliphatic carbocycles. The summed E-state index contributed by atoms with van der Waals surface area (Å²) in [5, 5.41) is 20.7. The fraction of sp³-hybridized carbons (Fsp3) is 0.400. The van der Waals surface area contributed by atoms with Crippen LogP contribution in [0.1, 0.15) is 30.1 Å². The normalized spacial score (nSPS) is 14.4. The van der Waals surface area contributed by atoms with Crippen LogP contribution in [0, 0.1) is 11.1 Å². The molecule has 1 atom stereocenters. The van der Waals surface area contributed by atoms with E-state index in [1.807, 2.05) is 0 Å². The van der Waals surface area contributed by atoms with Gasteiger partial charge in [-0.05, 0) is 36.5 Å². The summed E-state index contributed by atoms with van der Waals surface area (Å²) < 4.78 is 41.4. The Morgan fingerprint density at radius 1 is 1.23 bits per heavy atom. The molecule has 7 nitrogen and oxygen atoms in total. The molecule has 1 aliphatic rings. The molecule has 1 aromatic carbocycles. The van der Waals surface area contributed by atoms with Crippen LogP contribution in [0.25, 0.3) is 0 Å². The largest absolute Gasteiger partial charge is 0.619 e. The van der Waals surface area contributed by atoms with Gasteiger partial charge in [0.2, 0.25) is 0 Å². The lowest BCUT2D eigenvalue weighted by Gasteiger charge is -2.21.